The van der Waals surface area contributed by atoms with E-state index in [1.54, 1.807) is 31.4 Å². The van der Waals surface area contributed by atoms with Gasteiger partial charge in [0.25, 0.3) is 5.69 Å². The van der Waals surface area contributed by atoms with Crippen molar-refractivity contribution in [2.24, 2.45) is 4.99 Å². The molecule has 2 aromatic rings. The van der Waals surface area contributed by atoms with Crippen molar-refractivity contribution in [1.29, 1.82) is 0 Å². The van der Waals surface area contributed by atoms with Crippen molar-refractivity contribution in [2.75, 3.05) is 7.11 Å². The zero-order valence-electron chi connectivity index (χ0n) is 12.6. The fraction of sp³-hybridized carbons (Fsp3) is 0.0588. The number of carbonyl (C=O) groups excluding carboxylic acids is 1. The minimum Gasteiger partial charge on any atom is -0.497 e. The van der Waals surface area contributed by atoms with Crippen molar-refractivity contribution in [2.45, 2.75) is 0 Å². The summed E-state index contributed by atoms with van der Waals surface area (Å²) in [6, 6.07) is 12.8. The number of benzene rings is 2. The zero-order valence-corrected chi connectivity index (χ0v) is 12.6. The quantitative estimate of drug-likeness (QED) is 0.373. The van der Waals surface area contributed by atoms with Gasteiger partial charge in [-0.05, 0) is 42.0 Å². The number of methoxy groups -OCH3 is 1. The van der Waals surface area contributed by atoms with Crippen LogP contribution in [0.4, 0.5) is 5.69 Å². The van der Waals surface area contributed by atoms with Crippen molar-refractivity contribution in [3.63, 3.8) is 0 Å². The van der Waals surface area contributed by atoms with E-state index in [4.69, 9.17) is 9.47 Å². The zero-order chi connectivity index (χ0) is 17.1. The maximum atomic E-state index is 11.9. The Morgan fingerprint density at radius 2 is 1.96 bits per heavy atom. The van der Waals surface area contributed by atoms with E-state index in [0.29, 0.717) is 16.9 Å². The molecule has 0 radical (unpaired) electrons. The van der Waals surface area contributed by atoms with Gasteiger partial charge >= 0.3 is 5.97 Å². The molecule has 0 saturated carbocycles. The van der Waals surface area contributed by atoms with Gasteiger partial charge < -0.3 is 9.47 Å². The number of rotatable bonds is 4. The van der Waals surface area contributed by atoms with E-state index >= 15 is 0 Å². The first-order chi connectivity index (χ1) is 11.6. The third-order valence-corrected chi connectivity index (χ3v) is 3.34. The standard InChI is InChI=1S/C17H12N2O5/c1-23-14-4-2-3-12(10-14)16-18-15(17(20)24-16)9-11-5-7-13(8-6-11)19(21)22/h2-10H,1H3/b15-9-. The minimum atomic E-state index is -0.578. The van der Waals surface area contributed by atoms with Crippen molar-refractivity contribution in [1.82, 2.24) is 0 Å². The molecular weight excluding hydrogens is 312 g/mol. The highest BCUT2D eigenvalue weighted by Crippen LogP contribution is 2.22. The molecule has 0 aliphatic carbocycles. The molecule has 120 valence electrons. The van der Waals surface area contributed by atoms with Gasteiger partial charge in [0.05, 0.1) is 12.0 Å². The third-order valence-electron chi connectivity index (χ3n) is 3.34. The highest BCUT2D eigenvalue weighted by Gasteiger charge is 2.24. The smallest absolute Gasteiger partial charge is 0.363 e. The lowest BCUT2D eigenvalue weighted by Crippen LogP contribution is -2.05. The number of hydrogen-bond acceptors (Lipinski definition) is 6. The summed E-state index contributed by atoms with van der Waals surface area (Å²) < 4.78 is 10.3. The number of non-ortho nitro benzene ring substituents is 1. The largest absolute Gasteiger partial charge is 0.497 e. The van der Waals surface area contributed by atoms with Crippen LogP contribution in [-0.2, 0) is 9.53 Å². The first-order valence-corrected chi connectivity index (χ1v) is 6.98. The maximum absolute atomic E-state index is 11.9. The molecule has 0 fully saturated rings. The Morgan fingerprint density at radius 1 is 1.21 bits per heavy atom. The molecule has 24 heavy (non-hydrogen) atoms. The van der Waals surface area contributed by atoms with Crippen LogP contribution in [0.2, 0.25) is 0 Å². The Bertz CT molecular complexity index is 869. The van der Waals surface area contributed by atoms with Crippen LogP contribution in [0.15, 0.2) is 59.2 Å². The number of nitro groups is 1. The van der Waals surface area contributed by atoms with Crippen LogP contribution >= 0.6 is 0 Å². The van der Waals surface area contributed by atoms with Crippen LogP contribution < -0.4 is 4.74 Å². The number of aliphatic imine (C=N–C) groups is 1. The molecule has 0 atom stereocenters. The summed E-state index contributed by atoms with van der Waals surface area (Å²) >= 11 is 0. The van der Waals surface area contributed by atoms with Gasteiger partial charge in [-0.25, -0.2) is 9.79 Å². The lowest BCUT2D eigenvalue weighted by atomic mass is 10.2. The Hall–Kier alpha value is -3.48. The van der Waals surface area contributed by atoms with Gasteiger partial charge in [-0.3, -0.25) is 10.1 Å². The molecule has 2 aromatic carbocycles. The molecule has 3 rings (SSSR count). The van der Waals surface area contributed by atoms with Crippen LogP contribution in [0.25, 0.3) is 6.08 Å². The number of ether oxygens (including phenoxy) is 2. The van der Waals surface area contributed by atoms with Gasteiger partial charge in [0.15, 0.2) is 5.70 Å². The molecule has 0 aromatic heterocycles. The molecule has 0 saturated heterocycles. The molecule has 0 spiro atoms. The minimum absolute atomic E-state index is 0.0216. The van der Waals surface area contributed by atoms with Crippen molar-refractivity contribution in [3.05, 3.63) is 75.5 Å². The summed E-state index contributed by atoms with van der Waals surface area (Å²) in [6.07, 6.45) is 1.51. The third kappa shape index (κ3) is 3.14. The number of esters is 1. The number of nitro benzene ring substituents is 1. The van der Waals surface area contributed by atoms with Gasteiger partial charge in [-0.2, -0.15) is 0 Å². The number of cyclic esters (lactones) is 1. The molecule has 0 amide bonds. The second kappa shape index (κ2) is 6.33. The summed E-state index contributed by atoms with van der Waals surface area (Å²) in [5.41, 5.74) is 1.34. The molecule has 1 aliphatic heterocycles. The molecular formula is C17H12N2O5. The summed E-state index contributed by atoms with van der Waals surface area (Å²) in [7, 11) is 1.54. The maximum Gasteiger partial charge on any atom is 0.363 e. The number of hydrogen-bond donors (Lipinski definition) is 0. The second-order valence-corrected chi connectivity index (χ2v) is 4.92. The Balaban J connectivity index is 1.89. The number of carbonyl (C=O) groups is 1. The van der Waals surface area contributed by atoms with Crippen molar-refractivity contribution >= 4 is 23.6 Å². The van der Waals surface area contributed by atoms with Crippen LogP contribution in [0.3, 0.4) is 0 Å². The molecule has 0 bridgehead atoms. The van der Waals surface area contributed by atoms with E-state index in [1.807, 2.05) is 0 Å². The molecule has 1 aliphatic rings. The fourth-order valence-electron chi connectivity index (χ4n) is 2.14. The summed E-state index contributed by atoms with van der Waals surface area (Å²) in [5, 5.41) is 10.6. The molecule has 7 heteroatoms. The lowest BCUT2D eigenvalue weighted by molar-refractivity contribution is -0.384. The normalized spacial score (nSPS) is 15.1. The SMILES string of the molecule is COc1cccc(C2=N/C(=C\c3ccc([N+](=O)[O-])cc3)C(=O)O2)c1. The summed E-state index contributed by atoms with van der Waals surface area (Å²) in [5.74, 6) is 0.234. The first kappa shape index (κ1) is 15.4. The van der Waals surface area contributed by atoms with E-state index in [1.165, 1.54) is 30.3 Å². The second-order valence-electron chi connectivity index (χ2n) is 4.92. The Morgan fingerprint density at radius 3 is 2.62 bits per heavy atom. The predicted molar refractivity (Wildman–Crippen MR) is 86.7 cm³/mol. The van der Waals surface area contributed by atoms with Gasteiger partial charge in [0.1, 0.15) is 5.75 Å². The predicted octanol–water partition coefficient (Wildman–Crippen LogP) is 2.95. The van der Waals surface area contributed by atoms with Crippen molar-refractivity contribution in [3.8, 4) is 5.75 Å². The number of nitrogens with zero attached hydrogens (tertiary/aromatic N) is 2. The molecule has 1 heterocycles. The van der Waals surface area contributed by atoms with Crippen LogP contribution in [0.1, 0.15) is 11.1 Å². The van der Waals surface area contributed by atoms with E-state index in [2.05, 4.69) is 4.99 Å². The van der Waals surface area contributed by atoms with Gasteiger partial charge in [0.2, 0.25) is 5.90 Å². The van der Waals surface area contributed by atoms with Gasteiger partial charge in [-0.1, -0.05) is 6.07 Å². The van der Waals surface area contributed by atoms with Crippen molar-refractivity contribution < 1.29 is 19.2 Å². The molecule has 7 nitrogen and oxygen atoms in total. The lowest BCUT2D eigenvalue weighted by Gasteiger charge is -2.02. The highest BCUT2D eigenvalue weighted by atomic mass is 16.6. The molecule has 0 N–H and O–H groups in total. The Labute approximate surface area is 137 Å². The summed E-state index contributed by atoms with van der Waals surface area (Å²) in [6.45, 7) is 0. The van der Waals surface area contributed by atoms with E-state index in [-0.39, 0.29) is 17.3 Å². The average Bonchev–Trinajstić information content (AvgIpc) is 2.96. The van der Waals surface area contributed by atoms with Crippen LogP contribution in [0.5, 0.6) is 5.75 Å². The Kier molecular flexibility index (Phi) is 4.07. The monoisotopic (exact) mass is 324 g/mol. The average molecular weight is 324 g/mol. The summed E-state index contributed by atoms with van der Waals surface area (Å²) in [4.78, 5) is 26.3. The fourth-order valence-corrected chi connectivity index (χ4v) is 2.14. The van der Waals surface area contributed by atoms with Crippen LogP contribution in [0, 0.1) is 10.1 Å². The van der Waals surface area contributed by atoms with Gasteiger partial charge in [-0.15, -0.1) is 0 Å². The van der Waals surface area contributed by atoms with E-state index in [9.17, 15) is 14.9 Å². The highest BCUT2D eigenvalue weighted by molar-refractivity contribution is 6.12. The molecule has 0 unspecified atom stereocenters. The topological polar surface area (TPSA) is 91.0 Å². The van der Waals surface area contributed by atoms with Crippen LogP contribution in [-0.4, -0.2) is 23.9 Å². The van der Waals surface area contributed by atoms with E-state index < -0.39 is 10.9 Å². The van der Waals surface area contributed by atoms with E-state index in [0.717, 1.165) is 0 Å². The first-order valence-electron chi connectivity index (χ1n) is 6.98. The van der Waals surface area contributed by atoms with Gasteiger partial charge in [0, 0.05) is 17.7 Å².